The molecule has 0 saturated carbocycles. The maximum absolute atomic E-state index is 5.90. The highest BCUT2D eigenvalue weighted by Crippen LogP contribution is 2.31. The van der Waals surface area contributed by atoms with E-state index in [2.05, 4.69) is 56.2 Å². The molecule has 0 aliphatic rings. The number of nitrogens with zero attached hydrogens (tertiary/aromatic N) is 1. The first-order chi connectivity index (χ1) is 10.1. The second kappa shape index (κ2) is 11.5. The van der Waals surface area contributed by atoms with E-state index in [-0.39, 0.29) is 24.8 Å². The molecule has 0 amide bonds. The number of furan rings is 1. The number of hydrogen-bond donors (Lipinski definition) is 1. The molecule has 0 unspecified atom stereocenters. The van der Waals surface area contributed by atoms with Gasteiger partial charge in [-0.05, 0) is 79.9 Å². The van der Waals surface area contributed by atoms with E-state index < -0.39 is 0 Å². The summed E-state index contributed by atoms with van der Waals surface area (Å²) < 4.78 is 7.97. The van der Waals surface area contributed by atoms with Gasteiger partial charge in [-0.3, -0.25) is 0 Å². The Morgan fingerprint density at radius 3 is 2.48 bits per heavy atom. The van der Waals surface area contributed by atoms with Crippen molar-refractivity contribution in [2.45, 2.75) is 13.0 Å². The molecular weight excluding hydrogens is 467 g/mol. The van der Waals surface area contributed by atoms with Gasteiger partial charge in [0.15, 0.2) is 0 Å². The molecule has 0 aliphatic carbocycles. The predicted molar refractivity (Wildman–Crippen MR) is 109 cm³/mol. The average Bonchev–Trinajstić information content (AvgIpc) is 2.86. The third-order valence-electron chi connectivity index (χ3n) is 3.12. The van der Waals surface area contributed by atoms with Crippen molar-refractivity contribution < 1.29 is 4.42 Å². The van der Waals surface area contributed by atoms with Crippen LogP contribution >= 0.6 is 56.7 Å². The van der Waals surface area contributed by atoms with Crippen LogP contribution < -0.4 is 5.32 Å². The van der Waals surface area contributed by atoms with Crippen LogP contribution in [0.4, 0.5) is 0 Å². The van der Waals surface area contributed by atoms with E-state index in [0.29, 0.717) is 0 Å². The summed E-state index contributed by atoms with van der Waals surface area (Å²) in [6.07, 6.45) is 1.14. The van der Waals surface area contributed by atoms with Crippen LogP contribution in [0.2, 0.25) is 0 Å². The summed E-state index contributed by atoms with van der Waals surface area (Å²) in [5.74, 6) is 1.85. The molecule has 0 saturated heterocycles. The fourth-order valence-electron chi connectivity index (χ4n) is 2.04. The van der Waals surface area contributed by atoms with Crippen LogP contribution in [0.5, 0.6) is 0 Å². The summed E-state index contributed by atoms with van der Waals surface area (Å²) in [6.45, 7) is 2.86. The lowest BCUT2D eigenvalue weighted by atomic mass is 10.2. The Morgan fingerprint density at radius 1 is 1.09 bits per heavy atom. The fourth-order valence-corrected chi connectivity index (χ4v) is 3.28. The van der Waals surface area contributed by atoms with Gasteiger partial charge in [0.2, 0.25) is 0 Å². The van der Waals surface area contributed by atoms with Gasteiger partial charge in [-0.15, -0.1) is 24.8 Å². The summed E-state index contributed by atoms with van der Waals surface area (Å²) >= 11 is 7.03. The first kappa shape index (κ1) is 23.0. The second-order valence-electron chi connectivity index (χ2n) is 5.22. The van der Waals surface area contributed by atoms with Gasteiger partial charge in [-0.1, -0.05) is 15.9 Å². The number of rotatable bonds is 7. The SMILES string of the molecule is CN(C)CCCNCc1ccc(-c2ccc(Br)cc2Br)o1.Cl.Cl. The zero-order valence-corrected chi connectivity index (χ0v) is 17.9. The minimum absolute atomic E-state index is 0. The topological polar surface area (TPSA) is 28.4 Å². The van der Waals surface area contributed by atoms with Crippen molar-refractivity contribution in [3.8, 4) is 11.3 Å². The smallest absolute Gasteiger partial charge is 0.135 e. The van der Waals surface area contributed by atoms with Crippen LogP contribution in [0, 0.1) is 0 Å². The molecule has 0 fully saturated rings. The lowest BCUT2D eigenvalue weighted by Crippen LogP contribution is -2.20. The quantitative estimate of drug-likeness (QED) is 0.532. The van der Waals surface area contributed by atoms with E-state index in [1.807, 2.05) is 30.3 Å². The highest BCUT2D eigenvalue weighted by molar-refractivity contribution is 9.11. The molecule has 130 valence electrons. The molecule has 1 aromatic heterocycles. The van der Waals surface area contributed by atoms with Crippen molar-refractivity contribution in [1.82, 2.24) is 10.2 Å². The van der Waals surface area contributed by atoms with Gasteiger partial charge in [0, 0.05) is 14.5 Å². The molecule has 7 heteroatoms. The van der Waals surface area contributed by atoms with E-state index in [0.717, 1.165) is 52.1 Å². The summed E-state index contributed by atoms with van der Waals surface area (Å²) in [5.41, 5.74) is 1.07. The lowest BCUT2D eigenvalue weighted by Gasteiger charge is -2.09. The molecule has 0 atom stereocenters. The normalized spacial score (nSPS) is 10.3. The van der Waals surface area contributed by atoms with Crippen LogP contribution in [0.3, 0.4) is 0 Å². The van der Waals surface area contributed by atoms with Crippen molar-refractivity contribution in [3.05, 3.63) is 45.0 Å². The Bertz CT molecular complexity index is 591. The minimum Gasteiger partial charge on any atom is -0.460 e. The minimum atomic E-state index is 0. The van der Waals surface area contributed by atoms with E-state index >= 15 is 0 Å². The van der Waals surface area contributed by atoms with Gasteiger partial charge in [-0.25, -0.2) is 0 Å². The maximum Gasteiger partial charge on any atom is 0.135 e. The van der Waals surface area contributed by atoms with Crippen molar-refractivity contribution in [2.75, 3.05) is 27.2 Å². The van der Waals surface area contributed by atoms with E-state index in [9.17, 15) is 0 Å². The number of nitrogens with one attached hydrogen (secondary N) is 1. The van der Waals surface area contributed by atoms with Crippen molar-refractivity contribution in [3.63, 3.8) is 0 Å². The van der Waals surface area contributed by atoms with Crippen LogP contribution in [0.25, 0.3) is 11.3 Å². The molecule has 2 aromatic rings. The van der Waals surface area contributed by atoms with Crippen molar-refractivity contribution in [2.24, 2.45) is 0 Å². The zero-order chi connectivity index (χ0) is 15.2. The highest BCUT2D eigenvalue weighted by Gasteiger charge is 2.08. The van der Waals surface area contributed by atoms with Crippen LogP contribution in [0.1, 0.15) is 12.2 Å². The van der Waals surface area contributed by atoms with E-state index in [1.165, 1.54) is 0 Å². The van der Waals surface area contributed by atoms with Gasteiger partial charge >= 0.3 is 0 Å². The summed E-state index contributed by atoms with van der Waals surface area (Å²) in [7, 11) is 4.18. The Labute approximate surface area is 167 Å². The van der Waals surface area contributed by atoms with E-state index in [1.54, 1.807) is 0 Å². The van der Waals surface area contributed by atoms with Gasteiger partial charge < -0.3 is 14.6 Å². The standard InChI is InChI=1S/C16H20Br2N2O.2ClH/c1-20(2)9-3-8-19-11-13-5-7-16(21-13)14-6-4-12(17)10-15(14)18;;/h4-7,10,19H,3,8-9,11H2,1-2H3;2*1H. The molecule has 23 heavy (non-hydrogen) atoms. The molecule has 0 aliphatic heterocycles. The predicted octanol–water partition coefficient (Wildman–Crippen LogP) is 5.36. The molecule has 0 radical (unpaired) electrons. The molecule has 1 heterocycles. The monoisotopic (exact) mass is 486 g/mol. The summed E-state index contributed by atoms with van der Waals surface area (Å²) in [4.78, 5) is 2.19. The van der Waals surface area contributed by atoms with Gasteiger partial charge in [-0.2, -0.15) is 0 Å². The van der Waals surface area contributed by atoms with E-state index in [4.69, 9.17) is 4.42 Å². The van der Waals surface area contributed by atoms with Crippen LogP contribution in [-0.2, 0) is 6.54 Å². The number of halogens is 4. The molecule has 0 bridgehead atoms. The number of benzene rings is 1. The van der Waals surface area contributed by atoms with Gasteiger partial charge in [0.25, 0.3) is 0 Å². The summed E-state index contributed by atoms with van der Waals surface area (Å²) in [6, 6.07) is 10.1. The molecule has 0 spiro atoms. The third kappa shape index (κ3) is 7.59. The van der Waals surface area contributed by atoms with Crippen molar-refractivity contribution >= 4 is 56.7 Å². The Hall–Kier alpha value is -0.0400. The molecule has 1 aromatic carbocycles. The Morgan fingerprint density at radius 2 is 1.83 bits per heavy atom. The van der Waals surface area contributed by atoms with Crippen LogP contribution in [0.15, 0.2) is 43.7 Å². The third-order valence-corrected chi connectivity index (χ3v) is 4.27. The zero-order valence-electron chi connectivity index (χ0n) is 13.1. The van der Waals surface area contributed by atoms with Crippen LogP contribution in [-0.4, -0.2) is 32.1 Å². The molecular formula is C16H22Br2Cl2N2O. The molecule has 1 N–H and O–H groups in total. The summed E-state index contributed by atoms with van der Waals surface area (Å²) in [5, 5.41) is 3.41. The molecule has 3 nitrogen and oxygen atoms in total. The lowest BCUT2D eigenvalue weighted by molar-refractivity contribution is 0.391. The maximum atomic E-state index is 5.90. The van der Waals surface area contributed by atoms with Gasteiger partial charge in [0.1, 0.15) is 11.5 Å². The van der Waals surface area contributed by atoms with Crippen molar-refractivity contribution in [1.29, 1.82) is 0 Å². The molecule has 2 rings (SSSR count). The Balaban J connectivity index is 0.00000242. The average molecular weight is 489 g/mol. The second-order valence-corrected chi connectivity index (χ2v) is 6.99. The largest absolute Gasteiger partial charge is 0.460 e. The van der Waals surface area contributed by atoms with Gasteiger partial charge in [0.05, 0.1) is 6.54 Å². The first-order valence-electron chi connectivity index (χ1n) is 6.96. The number of hydrogen-bond acceptors (Lipinski definition) is 3. The first-order valence-corrected chi connectivity index (χ1v) is 8.54. The highest BCUT2D eigenvalue weighted by atomic mass is 79.9. The Kier molecular flexibility index (Phi) is 11.5. The fraction of sp³-hybridized carbons (Fsp3) is 0.375.